The van der Waals surface area contributed by atoms with E-state index in [9.17, 15) is 9.50 Å². The first kappa shape index (κ1) is 17.7. The maximum absolute atomic E-state index is 13.0. The van der Waals surface area contributed by atoms with Gasteiger partial charge < -0.3 is 16.2 Å². The maximum atomic E-state index is 13.0. The fourth-order valence-corrected chi connectivity index (χ4v) is 3.93. The largest absolute Gasteiger partial charge is 0.397 e. The lowest BCUT2D eigenvalue weighted by Crippen LogP contribution is -2.09. The highest BCUT2D eigenvalue weighted by Gasteiger charge is 2.18. The molecule has 2 heterocycles. The molecular formula is C20H15ClFN3OS. The molecule has 1 atom stereocenters. The number of hydrogen-bond acceptors (Lipinski definition) is 5. The van der Waals surface area contributed by atoms with E-state index in [1.54, 1.807) is 12.1 Å². The highest BCUT2D eigenvalue weighted by molar-refractivity contribution is 7.19. The molecule has 27 heavy (non-hydrogen) atoms. The van der Waals surface area contributed by atoms with Crippen LogP contribution in [0.25, 0.3) is 21.5 Å². The van der Waals surface area contributed by atoms with Crippen LogP contribution in [0.15, 0.2) is 60.7 Å². The topological polar surface area (TPSA) is 71.2 Å². The number of nitrogens with two attached hydrogens (primary N) is 1. The maximum Gasteiger partial charge on any atom is 0.162 e. The Morgan fingerprint density at radius 1 is 1.04 bits per heavy atom. The third kappa shape index (κ3) is 3.60. The van der Waals surface area contributed by atoms with E-state index in [1.165, 1.54) is 23.5 Å². The zero-order chi connectivity index (χ0) is 19.0. The first-order chi connectivity index (χ1) is 13.0. The molecular weight excluding hydrogens is 385 g/mol. The summed E-state index contributed by atoms with van der Waals surface area (Å²) in [6, 6.07) is 17.0. The van der Waals surface area contributed by atoms with Gasteiger partial charge in [0.2, 0.25) is 0 Å². The van der Waals surface area contributed by atoms with Crippen LogP contribution < -0.4 is 11.1 Å². The van der Waals surface area contributed by atoms with Crippen molar-refractivity contribution in [3.05, 3.63) is 76.4 Å². The van der Waals surface area contributed by atoms with Gasteiger partial charge in [-0.15, -0.1) is 11.3 Å². The van der Waals surface area contributed by atoms with Crippen molar-refractivity contribution in [3.8, 4) is 11.3 Å². The van der Waals surface area contributed by atoms with Crippen molar-refractivity contribution < 1.29 is 9.50 Å². The lowest BCUT2D eigenvalue weighted by molar-refractivity contribution is 0.213. The van der Waals surface area contributed by atoms with Crippen molar-refractivity contribution in [2.24, 2.45) is 0 Å². The Balaban J connectivity index is 1.66. The van der Waals surface area contributed by atoms with E-state index in [-0.39, 0.29) is 5.82 Å². The molecule has 0 saturated heterocycles. The zero-order valence-corrected chi connectivity index (χ0v) is 15.6. The van der Waals surface area contributed by atoms with E-state index < -0.39 is 6.23 Å². The number of pyridine rings is 1. The Morgan fingerprint density at radius 3 is 2.44 bits per heavy atom. The molecule has 0 bridgehead atoms. The number of nitrogen functional groups attached to an aromatic ring is 1. The molecule has 136 valence electrons. The molecule has 4 rings (SSSR count). The van der Waals surface area contributed by atoms with Crippen LogP contribution in [0.2, 0.25) is 5.02 Å². The van der Waals surface area contributed by atoms with Crippen molar-refractivity contribution in [2.45, 2.75) is 6.23 Å². The second-order valence-corrected chi connectivity index (χ2v) is 7.46. The van der Waals surface area contributed by atoms with Gasteiger partial charge in [-0.25, -0.2) is 9.37 Å². The van der Waals surface area contributed by atoms with Crippen LogP contribution in [-0.4, -0.2) is 10.1 Å². The molecule has 4 nitrogen and oxygen atoms in total. The second kappa shape index (κ2) is 7.15. The molecule has 4 N–H and O–H groups in total. The summed E-state index contributed by atoms with van der Waals surface area (Å²) in [5.74, 6) is -0.338. The third-order valence-electron chi connectivity index (χ3n) is 4.16. The van der Waals surface area contributed by atoms with Gasteiger partial charge >= 0.3 is 0 Å². The highest BCUT2D eigenvalue weighted by Crippen LogP contribution is 2.38. The Morgan fingerprint density at radius 2 is 1.74 bits per heavy atom. The SMILES string of the molecule is Nc1c(C(O)Nc2ccc(F)cc2)sc2nc(-c3ccc(Cl)cc3)ccc12. The molecule has 7 heteroatoms. The van der Waals surface area contributed by atoms with Gasteiger partial charge in [-0.1, -0.05) is 23.7 Å². The zero-order valence-electron chi connectivity index (χ0n) is 14.0. The lowest BCUT2D eigenvalue weighted by atomic mass is 10.1. The quantitative estimate of drug-likeness (QED) is 0.399. The number of rotatable bonds is 4. The number of aliphatic hydroxyl groups excluding tert-OH is 1. The average Bonchev–Trinajstić information content (AvgIpc) is 3.00. The summed E-state index contributed by atoms with van der Waals surface area (Å²) in [6.07, 6.45) is -1.02. The molecule has 2 aromatic carbocycles. The highest BCUT2D eigenvalue weighted by atomic mass is 35.5. The molecule has 0 fully saturated rings. The summed E-state index contributed by atoms with van der Waals surface area (Å²) in [4.78, 5) is 5.96. The van der Waals surface area contributed by atoms with E-state index in [2.05, 4.69) is 10.3 Å². The standard InChI is InChI=1S/C20H15ClFN3OS/c21-12-3-1-11(2-4-12)16-10-9-15-17(23)18(27-20(15)25-16)19(26)24-14-7-5-13(22)6-8-14/h1-10,19,24,26H,23H2. The van der Waals surface area contributed by atoms with E-state index in [1.807, 2.05) is 36.4 Å². The molecule has 0 aliphatic rings. The van der Waals surface area contributed by atoms with Gasteiger partial charge in [0.05, 0.1) is 16.3 Å². The number of halogens is 2. The summed E-state index contributed by atoms with van der Waals surface area (Å²) < 4.78 is 13.0. The van der Waals surface area contributed by atoms with Gasteiger partial charge in [0, 0.05) is 21.7 Å². The van der Waals surface area contributed by atoms with Crippen molar-refractivity contribution >= 4 is 44.5 Å². The van der Waals surface area contributed by atoms with Crippen molar-refractivity contribution in [1.29, 1.82) is 0 Å². The Kier molecular flexibility index (Phi) is 4.70. The van der Waals surface area contributed by atoms with E-state index >= 15 is 0 Å². The fourth-order valence-electron chi connectivity index (χ4n) is 2.77. The second-order valence-electron chi connectivity index (χ2n) is 5.99. The molecule has 0 radical (unpaired) electrons. The number of fused-ring (bicyclic) bond motifs is 1. The summed E-state index contributed by atoms with van der Waals surface area (Å²) in [5.41, 5.74) is 9.03. The van der Waals surface area contributed by atoms with Crippen molar-refractivity contribution in [3.63, 3.8) is 0 Å². The van der Waals surface area contributed by atoms with Gasteiger partial charge in [-0.05, 0) is 48.5 Å². The predicted molar refractivity (Wildman–Crippen MR) is 109 cm³/mol. The monoisotopic (exact) mass is 399 g/mol. The molecule has 0 spiro atoms. The van der Waals surface area contributed by atoms with E-state index in [0.29, 0.717) is 21.3 Å². The number of aromatic nitrogens is 1. The third-order valence-corrected chi connectivity index (χ3v) is 5.58. The minimum absolute atomic E-state index is 0.338. The first-order valence-corrected chi connectivity index (χ1v) is 9.36. The average molecular weight is 400 g/mol. The minimum Gasteiger partial charge on any atom is -0.397 e. The molecule has 0 aliphatic carbocycles. The van der Waals surface area contributed by atoms with Crippen LogP contribution in [0.3, 0.4) is 0 Å². The van der Waals surface area contributed by atoms with Gasteiger partial charge in [-0.3, -0.25) is 0 Å². The number of benzene rings is 2. The fraction of sp³-hybridized carbons (Fsp3) is 0.0500. The molecule has 0 saturated carbocycles. The summed E-state index contributed by atoms with van der Waals surface area (Å²) >= 11 is 7.26. The van der Waals surface area contributed by atoms with Crippen molar-refractivity contribution in [1.82, 2.24) is 4.98 Å². The molecule has 0 amide bonds. The van der Waals surface area contributed by atoms with Gasteiger partial charge in [0.1, 0.15) is 10.6 Å². The molecule has 2 aromatic heterocycles. The normalized spacial score (nSPS) is 12.3. The summed E-state index contributed by atoms with van der Waals surface area (Å²) in [6.45, 7) is 0. The van der Waals surface area contributed by atoms with Crippen LogP contribution in [0.4, 0.5) is 15.8 Å². The van der Waals surface area contributed by atoms with Crippen LogP contribution >= 0.6 is 22.9 Å². The van der Waals surface area contributed by atoms with Gasteiger partial charge in [0.15, 0.2) is 6.23 Å². The van der Waals surface area contributed by atoms with Gasteiger partial charge in [0.25, 0.3) is 0 Å². The smallest absolute Gasteiger partial charge is 0.162 e. The summed E-state index contributed by atoms with van der Waals surface area (Å²) in [7, 11) is 0. The number of hydrogen-bond donors (Lipinski definition) is 3. The minimum atomic E-state index is -1.02. The van der Waals surface area contributed by atoms with E-state index in [0.717, 1.165) is 21.5 Å². The van der Waals surface area contributed by atoms with Gasteiger partial charge in [-0.2, -0.15) is 0 Å². The molecule has 4 aromatic rings. The first-order valence-electron chi connectivity index (χ1n) is 8.16. The van der Waals surface area contributed by atoms with Crippen LogP contribution in [0.5, 0.6) is 0 Å². The number of nitrogens with zero attached hydrogens (tertiary/aromatic N) is 1. The number of anilines is 2. The Hall–Kier alpha value is -2.67. The van der Waals surface area contributed by atoms with Crippen LogP contribution in [0, 0.1) is 5.82 Å². The predicted octanol–water partition coefficient (Wildman–Crippen LogP) is 5.44. The Bertz CT molecular complexity index is 1100. The number of aliphatic hydroxyl groups is 1. The summed E-state index contributed by atoms with van der Waals surface area (Å²) in [5, 5.41) is 14.9. The van der Waals surface area contributed by atoms with Crippen LogP contribution in [-0.2, 0) is 0 Å². The molecule has 1 unspecified atom stereocenters. The van der Waals surface area contributed by atoms with Crippen LogP contribution in [0.1, 0.15) is 11.1 Å². The Labute approximate surface area is 164 Å². The van der Waals surface area contributed by atoms with Crippen molar-refractivity contribution in [2.75, 3.05) is 11.1 Å². The number of thiophene rings is 1. The lowest BCUT2D eigenvalue weighted by Gasteiger charge is -2.13. The number of nitrogens with one attached hydrogen (secondary N) is 1. The molecule has 0 aliphatic heterocycles. The van der Waals surface area contributed by atoms with E-state index in [4.69, 9.17) is 17.3 Å².